The molecule has 1 saturated heterocycles. The first-order valence-electron chi connectivity index (χ1n) is 9.52. The fraction of sp³-hybridized carbons (Fsp3) is 0.474. The van der Waals surface area contributed by atoms with Gasteiger partial charge in [0, 0.05) is 23.7 Å². The number of likely N-dealkylation sites (tertiary alicyclic amines) is 1. The number of rotatable bonds is 9. The molecule has 1 atom stereocenters. The van der Waals surface area contributed by atoms with Crippen molar-refractivity contribution in [2.45, 2.75) is 24.5 Å². The maximum Gasteiger partial charge on any atom is 0.277 e. The molecule has 156 valence electrons. The van der Waals surface area contributed by atoms with E-state index >= 15 is 0 Å². The Morgan fingerprint density at radius 1 is 1.31 bits per heavy atom. The number of nitrogens with two attached hydrogens (primary N) is 1. The molecule has 1 aliphatic rings. The van der Waals surface area contributed by atoms with E-state index in [1.165, 1.54) is 11.8 Å². The highest BCUT2D eigenvalue weighted by Gasteiger charge is 2.23. The van der Waals surface area contributed by atoms with Crippen LogP contribution < -0.4 is 11.1 Å². The number of thioether (sulfide) groups is 1. The van der Waals surface area contributed by atoms with Crippen LogP contribution in [0.15, 0.2) is 33.9 Å². The Morgan fingerprint density at radius 3 is 2.86 bits per heavy atom. The first-order chi connectivity index (χ1) is 14.0. The van der Waals surface area contributed by atoms with Crippen molar-refractivity contribution < 1.29 is 14.0 Å². The number of carbonyl (C=O) groups is 2. The number of nitrogens with one attached hydrogen (secondary N) is 1. The molecule has 1 unspecified atom stereocenters. The van der Waals surface area contributed by atoms with E-state index < -0.39 is 0 Å². The average Bonchev–Trinajstić information content (AvgIpc) is 3.19. The number of benzene rings is 1. The summed E-state index contributed by atoms with van der Waals surface area (Å²) in [5.74, 6) is 0.230. The van der Waals surface area contributed by atoms with E-state index in [4.69, 9.17) is 21.8 Å². The van der Waals surface area contributed by atoms with Gasteiger partial charge < -0.3 is 20.4 Å². The summed E-state index contributed by atoms with van der Waals surface area (Å²) in [5, 5.41) is 11.8. The molecule has 1 aromatic heterocycles. The topological polar surface area (TPSA) is 114 Å². The molecule has 2 aromatic rings. The largest absolute Gasteiger partial charge is 0.411 e. The van der Waals surface area contributed by atoms with Crippen molar-refractivity contribution in [3.63, 3.8) is 0 Å². The highest BCUT2D eigenvalue weighted by molar-refractivity contribution is 7.99. The number of nitrogens with zero attached hydrogens (tertiary/aromatic N) is 3. The number of amides is 2. The Hall–Kier alpha value is -2.10. The zero-order chi connectivity index (χ0) is 20.6. The van der Waals surface area contributed by atoms with Gasteiger partial charge in [-0.25, -0.2) is 0 Å². The molecule has 10 heteroatoms. The molecule has 2 heterocycles. The fourth-order valence-electron chi connectivity index (χ4n) is 3.18. The first kappa shape index (κ1) is 21.6. The van der Waals surface area contributed by atoms with Crippen LogP contribution in [0.25, 0.3) is 11.5 Å². The van der Waals surface area contributed by atoms with Gasteiger partial charge in [-0.05, 0) is 56.6 Å². The molecule has 2 amide bonds. The summed E-state index contributed by atoms with van der Waals surface area (Å²) in [4.78, 5) is 25.6. The number of hydrogen-bond acceptors (Lipinski definition) is 7. The Morgan fingerprint density at radius 2 is 2.10 bits per heavy atom. The molecule has 0 spiro atoms. The van der Waals surface area contributed by atoms with Gasteiger partial charge >= 0.3 is 0 Å². The van der Waals surface area contributed by atoms with Crippen LogP contribution in [-0.4, -0.2) is 58.8 Å². The molecule has 0 bridgehead atoms. The Labute approximate surface area is 178 Å². The summed E-state index contributed by atoms with van der Waals surface area (Å²) >= 11 is 7.06. The van der Waals surface area contributed by atoms with Crippen LogP contribution in [0.3, 0.4) is 0 Å². The summed E-state index contributed by atoms with van der Waals surface area (Å²) in [6, 6.07) is 7.09. The molecule has 3 N–H and O–H groups in total. The second-order valence-electron chi connectivity index (χ2n) is 6.91. The van der Waals surface area contributed by atoms with E-state index in [0.29, 0.717) is 29.2 Å². The predicted molar refractivity (Wildman–Crippen MR) is 111 cm³/mol. The molecular formula is C19H24ClN5O3S. The first-order valence-corrected chi connectivity index (χ1v) is 10.9. The average molecular weight is 438 g/mol. The molecule has 1 aliphatic heterocycles. The van der Waals surface area contributed by atoms with Crippen molar-refractivity contribution in [3.05, 3.63) is 29.3 Å². The number of piperidine rings is 1. The highest BCUT2D eigenvalue weighted by Crippen LogP contribution is 2.24. The van der Waals surface area contributed by atoms with Crippen LogP contribution in [0.1, 0.15) is 19.3 Å². The van der Waals surface area contributed by atoms with Crippen molar-refractivity contribution in [2.75, 3.05) is 31.9 Å². The molecule has 0 radical (unpaired) electrons. The van der Waals surface area contributed by atoms with Crippen LogP contribution in [0, 0.1) is 5.92 Å². The minimum absolute atomic E-state index is 0.0538. The van der Waals surface area contributed by atoms with E-state index in [1.807, 2.05) is 0 Å². The van der Waals surface area contributed by atoms with Gasteiger partial charge in [-0.3, -0.25) is 9.59 Å². The lowest BCUT2D eigenvalue weighted by atomic mass is 9.97. The van der Waals surface area contributed by atoms with Gasteiger partial charge in [0.25, 0.3) is 5.22 Å². The minimum Gasteiger partial charge on any atom is -0.411 e. The summed E-state index contributed by atoms with van der Waals surface area (Å²) in [6.45, 7) is 3.11. The van der Waals surface area contributed by atoms with Crippen molar-refractivity contribution in [2.24, 2.45) is 11.7 Å². The summed E-state index contributed by atoms with van der Waals surface area (Å²) < 4.78 is 5.57. The molecule has 8 nitrogen and oxygen atoms in total. The van der Waals surface area contributed by atoms with Gasteiger partial charge in [0.15, 0.2) is 0 Å². The molecular weight excluding hydrogens is 414 g/mol. The number of carbonyl (C=O) groups excluding carboxylic acids is 2. The van der Waals surface area contributed by atoms with Gasteiger partial charge in [-0.1, -0.05) is 23.4 Å². The second-order valence-corrected chi connectivity index (χ2v) is 8.28. The zero-order valence-corrected chi connectivity index (χ0v) is 17.5. The second kappa shape index (κ2) is 10.6. The Bertz CT molecular complexity index is 830. The number of aromatic nitrogens is 2. The molecule has 0 aliphatic carbocycles. The highest BCUT2D eigenvalue weighted by atomic mass is 35.5. The number of halogens is 1. The number of primary amides is 1. The van der Waals surface area contributed by atoms with Gasteiger partial charge in [0.05, 0.1) is 11.7 Å². The van der Waals surface area contributed by atoms with Gasteiger partial charge in [0.1, 0.15) is 0 Å². The zero-order valence-electron chi connectivity index (χ0n) is 16.0. The lowest BCUT2D eigenvalue weighted by Crippen LogP contribution is -2.42. The van der Waals surface area contributed by atoms with E-state index in [0.717, 1.165) is 37.9 Å². The Balaban J connectivity index is 1.33. The van der Waals surface area contributed by atoms with Crippen molar-refractivity contribution in [1.82, 2.24) is 20.4 Å². The third-order valence-corrected chi connectivity index (χ3v) is 5.78. The van der Waals surface area contributed by atoms with Crippen molar-refractivity contribution in [3.8, 4) is 11.5 Å². The maximum atomic E-state index is 12.0. The van der Waals surface area contributed by atoms with Crippen molar-refractivity contribution in [1.29, 1.82) is 0 Å². The van der Waals surface area contributed by atoms with Crippen LogP contribution in [0.2, 0.25) is 5.02 Å². The summed E-state index contributed by atoms with van der Waals surface area (Å²) in [5.41, 5.74) is 6.17. The van der Waals surface area contributed by atoms with Gasteiger partial charge in [0.2, 0.25) is 17.7 Å². The fourth-order valence-corrected chi connectivity index (χ4v) is 3.90. The molecule has 1 fully saturated rings. The van der Waals surface area contributed by atoms with Crippen molar-refractivity contribution >= 4 is 35.2 Å². The lowest BCUT2D eigenvalue weighted by Gasteiger charge is -2.31. The maximum absolute atomic E-state index is 12.0. The quantitative estimate of drug-likeness (QED) is 0.456. The van der Waals surface area contributed by atoms with Crippen LogP contribution in [0.5, 0.6) is 0 Å². The van der Waals surface area contributed by atoms with Crippen LogP contribution in [0.4, 0.5) is 0 Å². The van der Waals surface area contributed by atoms with Crippen LogP contribution in [-0.2, 0) is 9.59 Å². The molecule has 0 saturated carbocycles. The normalized spacial score (nSPS) is 17.2. The van der Waals surface area contributed by atoms with E-state index in [-0.39, 0.29) is 23.5 Å². The van der Waals surface area contributed by atoms with E-state index in [2.05, 4.69) is 20.4 Å². The van der Waals surface area contributed by atoms with Gasteiger partial charge in [-0.15, -0.1) is 10.2 Å². The predicted octanol–water partition coefficient (Wildman–Crippen LogP) is 2.19. The number of hydrogen-bond donors (Lipinski definition) is 2. The molecule has 1 aromatic carbocycles. The summed E-state index contributed by atoms with van der Waals surface area (Å²) in [6.07, 6.45) is 2.68. The lowest BCUT2D eigenvalue weighted by molar-refractivity contribution is -0.123. The third-order valence-electron chi connectivity index (χ3n) is 4.71. The monoisotopic (exact) mass is 437 g/mol. The Kier molecular flexibility index (Phi) is 7.91. The van der Waals surface area contributed by atoms with Gasteiger partial charge in [-0.2, -0.15) is 0 Å². The third kappa shape index (κ3) is 6.73. The van der Waals surface area contributed by atoms with E-state index in [9.17, 15) is 9.59 Å². The molecule has 3 rings (SSSR count). The SMILES string of the molecule is NC(=O)C1CCCN(CCCNC(=O)CSc2nnc(-c3ccc(Cl)cc3)o2)C1. The van der Waals surface area contributed by atoms with Crippen LogP contribution >= 0.6 is 23.4 Å². The molecule has 29 heavy (non-hydrogen) atoms. The summed E-state index contributed by atoms with van der Waals surface area (Å²) in [7, 11) is 0. The standard InChI is InChI=1S/C19H24ClN5O3S/c20-15-6-4-13(5-7-15)18-23-24-19(28-18)29-12-16(26)22-8-2-10-25-9-1-3-14(11-25)17(21)27/h4-7,14H,1-3,8-12H2,(H2,21,27)(H,22,26). The van der Waals surface area contributed by atoms with E-state index in [1.54, 1.807) is 24.3 Å². The minimum atomic E-state index is -0.222. The smallest absolute Gasteiger partial charge is 0.277 e.